The molecule has 0 radical (unpaired) electrons. The number of fused-ring (bicyclic) bond motifs is 3. The SMILES string of the molecule is Cc1ccc2c(c1)OS(=O)c1cc(C)n(C)c1-2. The highest BCUT2D eigenvalue weighted by Crippen LogP contribution is 2.40. The van der Waals surface area contributed by atoms with E-state index in [4.69, 9.17) is 4.18 Å². The van der Waals surface area contributed by atoms with Crippen LogP contribution in [0.25, 0.3) is 11.3 Å². The van der Waals surface area contributed by atoms with Crippen LogP contribution >= 0.6 is 0 Å². The van der Waals surface area contributed by atoms with Crippen molar-refractivity contribution in [1.29, 1.82) is 0 Å². The maximum atomic E-state index is 12.0. The molecule has 0 saturated heterocycles. The third-order valence-electron chi connectivity index (χ3n) is 3.18. The van der Waals surface area contributed by atoms with E-state index in [1.54, 1.807) is 0 Å². The first-order valence-corrected chi connectivity index (χ1v) is 6.53. The summed E-state index contributed by atoms with van der Waals surface area (Å²) in [6.45, 7) is 4.00. The van der Waals surface area contributed by atoms with Gasteiger partial charge in [0.15, 0.2) is 0 Å². The maximum Gasteiger partial charge on any atom is 0.242 e. The van der Waals surface area contributed by atoms with Gasteiger partial charge >= 0.3 is 0 Å². The average Bonchev–Trinajstić information content (AvgIpc) is 2.57. The average molecular weight is 247 g/mol. The minimum absolute atomic E-state index is 0.706. The summed E-state index contributed by atoms with van der Waals surface area (Å²) in [6, 6.07) is 7.93. The van der Waals surface area contributed by atoms with Crippen LogP contribution in [0.2, 0.25) is 0 Å². The molecule has 1 aromatic heterocycles. The summed E-state index contributed by atoms with van der Waals surface area (Å²) in [5.74, 6) is 0.706. The van der Waals surface area contributed by atoms with Crippen molar-refractivity contribution in [3.63, 3.8) is 0 Å². The number of hydrogen-bond acceptors (Lipinski definition) is 2. The van der Waals surface area contributed by atoms with Gasteiger partial charge in [-0.25, -0.2) is 4.21 Å². The molecule has 1 aliphatic heterocycles. The topological polar surface area (TPSA) is 31.2 Å². The Morgan fingerprint density at radius 3 is 2.76 bits per heavy atom. The second-order valence-corrected chi connectivity index (χ2v) is 5.45. The number of aryl methyl sites for hydroxylation is 2. The lowest BCUT2D eigenvalue weighted by atomic mass is 10.1. The van der Waals surface area contributed by atoms with E-state index in [1.165, 1.54) is 0 Å². The number of rotatable bonds is 0. The first-order chi connectivity index (χ1) is 8.08. The fraction of sp³-hybridized carbons (Fsp3) is 0.231. The number of aromatic nitrogens is 1. The molecule has 17 heavy (non-hydrogen) atoms. The van der Waals surface area contributed by atoms with E-state index in [9.17, 15) is 4.21 Å². The Hall–Kier alpha value is -1.55. The van der Waals surface area contributed by atoms with Crippen LogP contribution < -0.4 is 4.18 Å². The lowest BCUT2D eigenvalue weighted by Crippen LogP contribution is -2.09. The standard InChI is InChI=1S/C13H13NO2S/c1-8-4-5-10-11(6-8)16-17(15)12-7-9(2)14(3)13(10)12/h4-7H,1-3H3. The molecule has 0 amide bonds. The van der Waals surface area contributed by atoms with E-state index < -0.39 is 11.1 Å². The van der Waals surface area contributed by atoms with Crippen molar-refractivity contribution in [2.75, 3.05) is 0 Å². The second kappa shape index (κ2) is 3.47. The van der Waals surface area contributed by atoms with Crippen molar-refractivity contribution in [1.82, 2.24) is 4.57 Å². The van der Waals surface area contributed by atoms with Crippen LogP contribution in [0.15, 0.2) is 29.2 Å². The molecule has 0 saturated carbocycles. The third-order valence-corrected chi connectivity index (χ3v) is 4.18. The van der Waals surface area contributed by atoms with E-state index in [0.29, 0.717) is 5.75 Å². The number of benzene rings is 1. The van der Waals surface area contributed by atoms with Crippen LogP contribution in [0, 0.1) is 13.8 Å². The summed E-state index contributed by atoms with van der Waals surface area (Å²) in [7, 11) is 1.99. The zero-order valence-corrected chi connectivity index (χ0v) is 10.8. The van der Waals surface area contributed by atoms with Gasteiger partial charge in [0.1, 0.15) is 10.6 Å². The molecule has 2 aromatic rings. The van der Waals surface area contributed by atoms with Gasteiger partial charge in [0.2, 0.25) is 11.1 Å². The van der Waals surface area contributed by atoms with Crippen molar-refractivity contribution in [3.8, 4) is 17.0 Å². The lowest BCUT2D eigenvalue weighted by Gasteiger charge is -2.18. The van der Waals surface area contributed by atoms with Crippen LogP contribution in [0.4, 0.5) is 0 Å². The molecule has 2 heterocycles. The van der Waals surface area contributed by atoms with Crippen molar-refractivity contribution in [2.24, 2.45) is 7.05 Å². The van der Waals surface area contributed by atoms with Crippen molar-refractivity contribution in [2.45, 2.75) is 18.7 Å². The molecule has 3 nitrogen and oxygen atoms in total. The van der Waals surface area contributed by atoms with Crippen molar-refractivity contribution >= 4 is 11.1 Å². The quantitative estimate of drug-likeness (QED) is 0.716. The molecule has 1 aliphatic rings. The molecule has 4 heteroatoms. The second-order valence-electron chi connectivity index (χ2n) is 4.38. The number of hydrogen-bond donors (Lipinski definition) is 0. The monoisotopic (exact) mass is 247 g/mol. The Balaban J connectivity index is 2.36. The summed E-state index contributed by atoms with van der Waals surface area (Å²) >= 11 is -1.40. The zero-order valence-electron chi connectivity index (χ0n) is 9.98. The van der Waals surface area contributed by atoms with E-state index in [-0.39, 0.29) is 0 Å². The highest BCUT2D eigenvalue weighted by atomic mass is 32.2. The van der Waals surface area contributed by atoms with E-state index in [1.807, 2.05) is 45.2 Å². The molecule has 1 unspecified atom stereocenters. The van der Waals surface area contributed by atoms with Gasteiger partial charge in [-0.05, 0) is 37.6 Å². The third kappa shape index (κ3) is 1.44. The minimum atomic E-state index is -1.40. The summed E-state index contributed by atoms with van der Waals surface area (Å²) in [6.07, 6.45) is 0. The predicted octanol–water partition coefficient (Wildman–Crippen LogP) is 2.72. The highest BCUT2D eigenvalue weighted by molar-refractivity contribution is 7.80. The van der Waals surface area contributed by atoms with E-state index in [2.05, 4.69) is 4.57 Å². The molecule has 0 fully saturated rings. The molecule has 1 atom stereocenters. The van der Waals surface area contributed by atoms with Gasteiger partial charge in [-0.2, -0.15) is 0 Å². The van der Waals surface area contributed by atoms with Crippen LogP contribution in [0.5, 0.6) is 5.75 Å². The normalized spacial score (nSPS) is 17.2. The molecule has 0 aliphatic carbocycles. The molecular weight excluding hydrogens is 234 g/mol. The molecular formula is C13H13NO2S. The van der Waals surface area contributed by atoms with Crippen LogP contribution in [-0.4, -0.2) is 8.78 Å². The first-order valence-electron chi connectivity index (χ1n) is 5.45. The first kappa shape index (κ1) is 10.6. The van der Waals surface area contributed by atoms with E-state index >= 15 is 0 Å². The minimum Gasteiger partial charge on any atom is -0.396 e. The van der Waals surface area contributed by atoms with Crippen LogP contribution in [-0.2, 0) is 18.1 Å². The zero-order chi connectivity index (χ0) is 12.2. The molecule has 0 N–H and O–H groups in total. The lowest BCUT2D eigenvalue weighted by molar-refractivity contribution is 0.557. The van der Waals surface area contributed by atoms with Crippen LogP contribution in [0.3, 0.4) is 0 Å². The molecule has 1 aromatic carbocycles. The highest BCUT2D eigenvalue weighted by Gasteiger charge is 2.27. The van der Waals surface area contributed by atoms with Crippen molar-refractivity contribution in [3.05, 3.63) is 35.5 Å². The van der Waals surface area contributed by atoms with Gasteiger partial charge in [0.25, 0.3) is 0 Å². The summed E-state index contributed by atoms with van der Waals surface area (Å²) < 4.78 is 19.5. The van der Waals surface area contributed by atoms with Gasteiger partial charge in [0.05, 0.1) is 5.69 Å². The molecule has 0 spiro atoms. The largest absolute Gasteiger partial charge is 0.396 e. The Morgan fingerprint density at radius 2 is 2.00 bits per heavy atom. The Bertz CT molecular complexity index is 643. The van der Waals surface area contributed by atoms with Gasteiger partial charge in [0, 0.05) is 18.3 Å². The summed E-state index contributed by atoms with van der Waals surface area (Å²) in [5, 5.41) is 0. The smallest absolute Gasteiger partial charge is 0.242 e. The van der Waals surface area contributed by atoms with Crippen LogP contribution in [0.1, 0.15) is 11.3 Å². The Morgan fingerprint density at radius 1 is 1.24 bits per heavy atom. The van der Waals surface area contributed by atoms with Crippen molar-refractivity contribution < 1.29 is 8.39 Å². The predicted molar refractivity (Wildman–Crippen MR) is 67.4 cm³/mol. The van der Waals surface area contributed by atoms with E-state index in [0.717, 1.165) is 27.4 Å². The maximum absolute atomic E-state index is 12.0. The molecule has 0 bridgehead atoms. The summed E-state index contributed by atoms with van der Waals surface area (Å²) in [4.78, 5) is 0.765. The fourth-order valence-electron chi connectivity index (χ4n) is 2.16. The fourth-order valence-corrected chi connectivity index (χ4v) is 3.22. The Kier molecular flexibility index (Phi) is 2.16. The van der Waals surface area contributed by atoms with Gasteiger partial charge < -0.3 is 8.75 Å². The van der Waals surface area contributed by atoms with Gasteiger partial charge in [-0.15, -0.1) is 0 Å². The van der Waals surface area contributed by atoms with Gasteiger partial charge in [-0.1, -0.05) is 6.07 Å². The molecule has 3 rings (SSSR count). The number of nitrogens with zero attached hydrogens (tertiary/aromatic N) is 1. The van der Waals surface area contributed by atoms with Gasteiger partial charge in [-0.3, -0.25) is 0 Å². The summed E-state index contributed by atoms with van der Waals surface area (Å²) in [5.41, 5.74) is 4.21. The molecule has 88 valence electrons. The Labute approximate surface area is 103 Å².